The van der Waals surface area contributed by atoms with Crippen LogP contribution in [-0.4, -0.2) is 36.4 Å². The molecule has 5 nitrogen and oxygen atoms in total. The van der Waals surface area contributed by atoms with Crippen LogP contribution in [0.25, 0.3) is 0 Å². The van der Waals surface area contributed by atoms with E-state index in [-0.39, 0.29) is 17.8 Å². The Bertz CT molecular complexity index is 429. The molecule has 0 aromatic heterocycles. The van der Waals surface area contributed by atoms with Crippen molar-refractivity contribution >= 4 is 11.6 Å². The average molecular weight is 265 g/mol. The molecular formula is C14H19NO4. The zero-order chi connectivity index (χ0) is 13.7. The van der Waals surface area contributed by atoms with E-state index in [0.29, 0.717) is 12.3 Å². The van der Waals surface area contributed by atoms with Gasteiger partial charge in [-0.15, -0.1) is 0 Å². The first-order chi connectivity index (χ1) is 9.16. The molecule has 0 radical (unpaired) electrons. The van der Waals surface area contributed by atoms with Crippen molar-refractivity contribution < 1.29 is 19.4 Å². The van der Waals surface area contributed by atoms with Crippen LogP contribution in [0, 0.1) is 0 Å². The molecule has 2 N–H and O–H groups in total. The molecule has 2 atom stereocenters. The molecule has 1 amide bonds. The van der Waals surface area contributed by atoms with Gasteiger partial charge in [0.05, 0.1) is 18.4 Å². The number of para-hydroxylation sites is 2. The summed E-state index contributed by atoms with van der Waals surface area (Å²) in [5.74, 6) is -0.235. The summed E-state index contributed by atoms with van der Waals surface area (Å²) in [6.07, 6.45) is 1.55. The lowest BCUT2D eigenvalue weighted by Gasteiger charge is -2.16. The second-order valence-electron chi connectivity index (χ2n) is 4.62. The number of phenolic OH excluding ortho intramolecular Hbond substituents is 1. The highest BCUT2D eigenvalue weighted by molar-refractivity contribution is 5.95. The van der Waals surface area contributed by atoms with Gasteiger partial charge in [-0.25, -0.2) is 0 Å². The highest BCUT2D eigenvalue weighted by Gasteiger charge is 2.20. The van der Waals surface area contributed by atoms with Gasteiger partial charge in [-0.2, -0.15) is 0 Å². The first-order valence-corrected chi connectivity index (χ1v) is 6.49. The third kappa shape index (κ3) is 3.94. The van der Waals surface area contributed by atoms with Gasteiger partial charge < -0.3 is 19.9 Å². The van der Waals surface area contributed by atoms with Gasteiger partial charge in [0.2, 0.25) is 0 Å². The maximum Gasteiger partial charge on any atom is 0.253 e. The van der Waals surface area contributed by atoms with E-state index < -0.39 is 6.10 Å². The van der Waals surface area contributed by atoms with Gasteiger partial charge in [0, 0.05) is 6.61 Å². The Hall–Kier alpha value is -1.59. The van der Waals surface area contributed by atoms with Crippen LogP contribution in [0.15, 0.2) is 24.3 Å². The maximum atomic E-state index is 11.9. The van der Waals surface area contributed by atoms with E-state index in [2.05, 4.69) is 5.32 Å². The molecule has 1 heterocycles. The first-order valence-electron chi connectivity index (χ1n) is 6.49. The van der Waals surface area contributed by atoms with Crippen molar-refractivity contribution in [2.75, 3.05) is 18.5 Å². The number of rotatable bonds is 5. The van der Waals surface area contributed by atoms with E-state index in [0.717, 1.165) is 19.4 Å². The quantitative estimate of drug-likeness (QED) is 0.798. The van der Waals surface area contributed by atoms with Crippen LogP contribution in [0.1, 0.15) is 19.8 Å². The van der Waals surface area contributed by atoms with E-state index in [9.17, 15) is 9.90 Å². The second-order valence-corrected chi connectivity index (χ2v) is 4.62. The number of anilines is 1. The number of benzene rings is 1. The number of nitrogens with one attached hydrogen (secondary N) is 1. The smallest absolute Gasteiger partial charge is 0.253 e. The van der Waals surface area contributed by atoms with Crippen molar-refractivity contribution in [2.24, 2.45) is 0 Å². The van der Waals surface area contributed by atoms with Crippen molar-refractivity contribution in [3.05, 3.63) is 24.3 Å². The lowest BCUT2D eigenvalue weighted by molar-refractivity contribution is -0.128. The zero-order valence-corrected chi connectivity index (χ0v) is 11.0. The largest absolute Gasteiger partial charge is 0.506 e. The van der Waals surface area contributed by atoms with Crippen LogP contribution in [0.4, 0.5) is 5.69 Å². The van der Waals surface area contributed by atoms with Crippen molar-refractivity contribution in [3.63, 3.8) is 0 Å². The Morgan fingerprint density at radius 3 is 3.05 bits per heavy atom. The molecule has 5 heteroatoms. The molecule has 1 aliphatic rings. The first kappa shape index (κ1) is 13.8. The molecule has 19 heavy (non-hydrogen) atoms. The van der Waals surface area contributed by atoms with Crippen LogP contribution < -0.4 is 5.32 Å². The molecule has 1 aromatic carbocycles. The lowest BCUT2D eigenvalue weighted by atomic mass is 10.2. The predicted octanol–water partition coefficient (Wildman–Crippen LogP) is 1.91. The number of aromatic hydroxyl groups is 1. The molecule has 1 aromatic rings. The molecule has 0 unspecified atom stereocenters. The van der Waals surface area contributed by atoms with Crippen molar-refractivity contribution in [3.8, 4) is 5.75 Å². The predicted molar refractivity (Wildman–Crippen MR) is 71.1 cm³/mol. The topological polar surface area (TPSA) is 67.8 Å². The van der Waals surface area contributed by atoms with Crippen LogP contribution in [0.5, 0.6) is 5.75 Å². The van der Waals surface area contributed by atoms with Crippen molar-refractivity contribution in [1.29, 1.82) is 0 Å². The van der Waals surface area contributed by atoms with Crippen LogP contribution in [-0.2, 0) is 14.3 Å². The van der Waals surface area contributed by atoms with Gasteiger partial charge in [-0.05, 0) is 31.9 Å². The number of hydrogen-bond acceptors (Lipinski definition) is 4. The number of phenols is 1. The van der Waals surface area contributed by atoms with E-state index in [1.165, 1.54) is 6.07 Å². The Balaban J connectivity index is 1.80. The molecule has 1 aliphatic heterocycles. The number of ether oxygens (including phenoxy) is 2. The molecule has 0 saturated carbocycles. The fourth-order valence-corrected chi connectivity index (χ4v) is 1.92. The highest BCUT2D eigenvalue weighted by atomic mass is 16.5. The molecule has 0 spiro atoms. The van der Waals surface area contributed by atoms with Gasteiger partial charge in [0.15, 0.2) is 0 Å². The minimum Gasteiger partial charge on any atom is -0.506 e. The van der Waals surface area contributed by atoms with Crippen molar-refractivity contribution in [1.82, 2.24) is 0 Å². The molecule has 2 rings (SSSR count). The average Bonchev–Trinajstić information content (AvgIpc) is 2.91. The summed E-state index contributed by atoms with van der Waals surface area (Å²) in [6.45, 7) is 2.88. The number of hydrogen-bond donors (Lipinski definition) is 2. The summed E-state index contributed by atoms with van der Waals surface area (Å²) >= 11 is 0. The summed E-state index contributed by atoms with van der Waals surface area (Å²) in [7, 11) is 0. The summed E-state index contributed by atoms with van der Waals surface area (Å²) in [5, 5.41) is 12.2. The van der Waals surface area contributed by atoms with E-state index >= 15 is 0 Å². The maximum absolute atomic E-state index is 11.9. The third-order valence-electron chi connectivity index (χ3n) is 3.09. The minimum absolute atomic E-state index is 0.0437. The molecule has 0 bridgehead atoms. The Morgan fingerprint density at radius 2 is 2.37 bits per heavy atom. The summed E-state index contributed by atoms with van der Waals surface area (Å²) in [4.78, 5) is 11.9. The van der Waals surface area contributed by atoms with Crippen molar-refractivity contribution in [2.45, 2.75) is 32.0 Å². The minimum atomic E-state index is -0.580. The highest BCUT2D eigenvalue weighted by Crippen LogP contribution is 2.21. The molecule has 0 aliphatic carbocycles. The molecule has 104 valence electrons. The summed E-state index contributed by atoms with van der Waals surface area (Å²) in [6, 6.07) is 6.60. The van der Waals surface area contributed by atoms with E-state index in [1.807, 2.05) is 0 Å². The fraction of sp³-hybridized carbons (Fsp3) is 0.500. The number of carbonyl (C=O) groups is 1. The molecular weight excluding hydrogens is 246 g/mol. The molecule has 1 fully saturated rings. The standard InChI is InChI=1S/C14H19NO4/c1-10(19-9-11-5-4-8-18-11)14(17)15-12-6-2-3-7-13(12)16/h2-3,6-7,10-11,16H,4-5,8-9H2,1H3,(H,15,17)/t10-,11-/m1/s1. The lowest BCUT2D eigenvalue weighted by Crippen LogP contribution is -2.30. The Morgan fingerprint density at radius 1 is 1.58 bits per heavy atom. The van der Waals surface area contributed by atoms with Gasteiger partial charge in [0.1, 0.15) is 11.9 Å². The van der Waals surface area contributed by atoms with Gasteiger partial charge in [0.25, 0.3) is 5.91 Å². The van der Waals surface area contributed by atoms with Crippen LogP contribution in [0.3, 0.4) is 0 Å². The third-order valence-corrected chi connectivity index (χ3v) is 3.09. The van der Waals surface area contributed by atoms with E-state index in [1.54, 1.807) is 25.1 Å². The zero-order valence-electron chi connectivity index (χ0n) is 11.0. The summed E-state index contributed by atoms with van der Waals surface area (Å²) < 4.78 is 10.9. The van der Waals surface area contributed by atoms with Gasteiger partial charge >= 0.3 is 0 Å². The molecule has 1 saturated heterocycles. The SMILES string of the molecule is C[C@@H](OC[C@H]1CCCO1)C(=O)Nc1ccccc1O. The fourth-order valence-electron chi connectivity index (χ4n) is 1.92. The summed E-state index contributed by atoms with van der Waals surface area (Å²) in [5.41, 5.74) is 0.389. The van der Waals surface area contributed by atoms with Crippen LogP contribution in [0.2, 0.25) is 0 Å². The van der Waals surface area contributed by atoms with Crippen LogP contribution >= 0.6 is 0 Å². The Labute approximate surface area is 112 Å². The van der Waals surface area contributed by atoms with Gasteiger partial charge in [-0.3, -0.25) is 4.79 Å². The van der Waals surface area contributed by atoms with Gasteiger partial charge in [-0.1, -0.05) is 12.1 Å². The normalized spacial score (nSPS) is 20.2. The monoisotopic (exact) mass is 265 g/mol. The number of amides is 1. The van der Waals surface area contributed by atoms with E-state index in [4.69, 9.17) is 9.47 Å². The Kier molecular flexibility index (Phi) is 4.76. The second kappa shape index (κ2) is 6.54. The number of carbonyl (C=O) groups excluding carboxylic acids is 1.